The molecule has 26 heavy (non-hydrogen) atoms. The minimum absolute atomic E-state index is 0.739. The Morgan fingerprint density at radius 3 is 2.58 bits per heavy atom. The highest BCUT2D eigenvalue weighted by Gasteiger charge is 2.01. The molecule has 0 fully saturated rings. The summed E-state index contributed by atoms with van der Waals surface area (Å²) in [4.78, 5) is 8.39. The van der Waals surface area contributed by atoms with E-state index in [4.69, 9.17) is 0 Å². The van der Waals surface area contributed by atoms with Gasteiger partial charge in [-0.15, -0.1) is 0 Å². The molecule has 3 aromatic rings. The molecule has 0 saturated carbocycles. The average Bonchev–Trinajstić information content (AvgIpc) is 3.18. The van der Waals surface area contributed by atoms with E-state index in [-0.39, 0.29) is 0 Å². The molecule has 1 aromatic heterocycles. The largest absolute Gasteiger partial charge is 0.356 e. The van der Waals surface area contributed by atoms with Gasteiger partial charge in [-0.25, -0.2) is 4.98 Å². The van der Waals surface area contributed by atoms with Crippen LogP contribution in [-0.2, 0) is 19.5 Å². The van der Waals surface area contributed by atoms with Gasteiger partial charge >= 0.3 is 0 Å². The second-order valence-corrected chi connectivity index (χ2v) is 6.14. The van der Waals surface area contributed by atoms with Crippen molar-refractivity contribution in [3.63, 3.8) is 0 Å². The van der Waals surface area contributed by atoms with E-state index in [2.05, 4.69) is 73.7 Å². The van der Waals surface area contributed by atoms with Crippen LogP contribution in [0.5, 0.6) is 0 Å². The summed E-state index contributed by atoms with van der Waals surface area (Å²) in [5.74, 6) is 0.820. The lowest BCUT2D eigenvalue weighted by Gasteiger charge is -2.13. The Morgan fingerprint density at radius 2 is 1.81 bits per heavy atom. The van der Waals surface area contributed by atoms with Gasteiger partial charge < -0.3 is 15.2 Å². The number of hydrogen-bond donors (Lipinski definition) is 2. The van der Waals surface area contributed by atoms with Crippen LogP contribution >= 0.6 is 0 Å². The zero-order chi connectivity index (χ0) is 18.0. The maximum atomic E-state index is 4.30. The van der Waals surface area contributed by atoms with Crippen molar-refractivity contribution in [3.05, 3.63) is 90.0 Å². The Hall–Kier alpha value is -3.08. The van der Waals surface area contributed by atoms with Gasteiger partial charge in [0.2, 0.25) is 0 Å². The first-order chi connectivity index (χ1) is 12.8. The lowest BCUT2D eigenvalue weighted by molar-refractivity contribution is 0.783. The fourth-order valence-electron chi connectivity index (χ4n) is 2.81. The number of aromatic nitrogens is 2. The summed E-state index contributed by atoms with van der Waals surface area (Å²) in [6.07, 6.45) is 6.59. The Bertz CT molecular complexity index is 809. The third kappa shape index (κ3) is 5.48. The van der Waals surface area contributed by atoms with Crippen molar-refractivity contribution in [2.45, 2.75) is 19.5 Å². The van der Waals surface area contributed by atoms with Crippen molar-refractivity contribution < 1.29 is 0 Å². The summed E-state index contributed by atoms with van der Waals surface area (Å²) in [5, 5.41) is 6.74. The lowest BCUT2D eigenvalue weighted by Crippen LogP contribution is -2.37. The van der Waals surface area contributed by atoms with Crippen molar-refractivity contribution in [2.24, 2.45) is 4.99 Å². The maximum absolute atomic E-state index is 4.30. The van der Waals surface area contributed by atoms with Crippen LogP contribution in [-0.4, -0.2) is 29.1 Å². The highest BCUT2D eigenvalue weighted by atomic mass is 15.2. The summed E-state index contributed by atoms with van der Waals surface area (Å²) in [5.41, 5.74) is 3.81. The summed E-state index contributed by atoms with van der Waals surface area (Å²) in [6, 6.07) is 19.0. The smallest absolute Gasteiger partial charge is 0.191 e. The number of aliphatic imine (C=N–C) groups is 1. The molecule has 134 valence electrons. The van der Waals surface area contributed by atoms with E-state index in [1.807, 2.05) is 18.6 Å². The van der Waals surface area contributed by atoms with Crippen molar-refractivity contribution in [2.75, 3.05) is 13.6 Å². The molecule has 1 heterocycles. The molecular formula is C21H25N5. The van der Waals surface area contributed by atoms with Crippen molar-refractivity contribution in [1.29, 1.82) is 0 Å². The number of guanidine groups is 1. The molecule has 3 rings (SSSR count). The monoisotopic (exact) mass is 347 g/mol. The predicted octanol–water partition coefficient (Wildman–Crippen LogP) is 2.84. The van der Waals surface area contributed by atoms with Gasteiger partial charge in [-0.2, -0.15) is 0 Å². The Morgan fingerprint density at radius 1 is 1.00 bits per heavy atom. The molecule has 5 heteroatoms. The molecule has 2 aromatic carbocycles. The maximum Gasteiger partial charge on any atom is 0.191 e. The number of rotatable bonds is 7. The van der Waals surface area contributed by atoms with Gasteiger partial charge in [0, 0.05) is 39.1 Å². The van der Waals surface area contributed by atoms with Gasteiger partial charge in [0.05, 0.1) is 6.33 Å². The van der Waals surface area contributed by atoms with Gasteiger partial charge in [0.1, 0.15) is 0 Å². The number of nitrogens with one attached hydrogen (secondary N) is 2. The average molecular weight is 347 g/mol. The molecule has 0 atom stereocenters. The van der Waals surface area contributed by atoms with Crippen LogP contribution in [0.15, 0.2) is 78.3 Å². The van der Waals surface area contributed by atoms with Crippen LogP contribution in [0.3, 0.4) is 0 Å². The first-order valence-electron chi connectivity index (χ1n) is 8.85. The number of nitrogens with zero attached hydrogens (tertiary/aromatic N) is 3. The van der Waals surface area contributed by atoms with Gasteiger partial charge in [-0.05, 0) is 23.1 Å². The van der Waals surface area contributed by atoms with Crippen LogP contribution in [0.25, 0.3) is 0 Å². The third-order valence-corrected chi connectivity index (χ3v) is 4.15. The van der Waals surface area contributed by atoms with Gasteiger partial charge in [-0.1, -0.05) is 54.6 Å². The minimum atomic E-state index is 0.739. The molecule has 0 aliphatic rings. The SMILES string of the molecule is CN=C(NCCc1ccccc1)NCc1cccc(Cn2ccnc2)c1. The zero-order valence-electron chi connectivity index (χ0n) is 15.1. The van der Waals surface area contributed by atoms with E-state index in [0.29, 0.717) is 0 Å². The summed E-state index contributed by atoms with van der Waals surface area (Å²) in [7, 11) is 1.80. The molecule has 0 saturated heterocycles. The van der Waals surface area contributed by atoms with Gasteiger partial charge in [-0.3, -0.25) is 4.99 Å². The highest BCUT2D eigenvalue weighted by Crippen LogP contribution is 2.07. The van der Waals surface area contributed by atoms with Crippen LogP contribution in [0, 0.1) is 0 Å². The molecule has 2 N–H and O–H groups in total. The summed E-state index contributed by atoms with van der Waals surface area (Å²) < 4.78 is 2.07. The lowest BCUT2D eigenvalue weighted by atomic mass is 10.1. The van der Waals surface area contributed by atoms with E-state index < -0.39 is 0 Å². The number of hydrogen-bond acceptors (Lipinski definition) is 2. The molecule has 0 aliphatic heterocycles. The predicted molar refractivity (Wildman–Crippen MR) is 106 cm³/mol. The summed E-state index contributed by atoms with van der Waals surface area (Å²) >= 11 is 0. The summed E-state index contributed by atoms with van der Waals surface area (Å²) in [6.45, 7) is 2.42. The van der Waals surface area contributed by atoms with E-state index >= 15 is 0 Å². The first-order valence-corrected chi connectivity index (χ1v) is 8.85. The van der Waals surface area contributed by atoms with Gasteiger partial charge in [0.25, 0.3) is 0 Å². The fraction of sp³-hybridized carbons (Fsp3) is 0.238. The molecule has 0 radical (unpaired) electrons. The molecule has 0 spiro atoms. The quantitative estimate of drug-likeness (QED) is 0.510. The Labute approximate surface area is 154 Å². The standard InChI is InChI=1S/C21H25N5/c1-22-21(24-11-10-18-6-3-2-4-7-18)25-15-19-8-5-9-20(14-19)16-26-13-12-23-17-26/h2-9,12-14,17H,10-11,15-16H2,1H3,(H2,22,24,25). The zero-order valence-corrected chi connectivity index (χ0v) is 15.1. The molecule has 0 aliphatic carbocycles. The molecular weight excluding hydrogens is 322 g/mol. The van der Waals surface area contributed by atoms with Crippen molar-refractivity contribution in [3.8, 4) is 0 Å². The Balaban J connectivity index is 1.47. The van der Waals surface area contributed by atoms with Crippen molar-refractivity contribution >= 4 is 5.96 Å². The van der Waals surface area contributed by atoms with Crippen LogP contribution in [0.2, 0.25) is 0 Å². The second kappa shape index (κ2) is 9.42. The normalized spacial score (nSPS) is 11.3. The minimum Gasteiger partial charge on any atom is -0.356 e. The van der Waals surface area contributed by atoms with Crippen LogP contribution < -0.4 is 10.6 Å². The van der Waals surface area contributed by atoms with Crippen LogP contribution in [0.1, 0.15) is 16.7 Å². The number of benzene rings is 2. The third-order valence-electron chi connectivity index (χ3n) is 4.15. The van der Waals surface area contributed by atoms with Crippen molar-refractivity contribution in [1.82, 2.24) is 20.2 Å². The van der Waals surface area contributed by atoms with E-state index in [0.717, 1.165) is 32.0 Å². The Kier molecular flexibility index (Phi) is 6.42. The van der Waals surface area contributed by atoms with Gasteiger partial charge in [0.15, 0.2) is 5.96 Å². The fourth-order valence-corrected chi connectivity index (χ4v) is 2.81. The van der Waals surface area contributed by atoms with E-state index in [1.165, 1.54) is 16.7 Å². The molecule has 0 amide bonds. The topological polar surface area (TPSA) is 54.2 Å². The highest BCUT2D eigenvalue weighted by molar-refractivity contribution is 5.79. The molecule has 0 bridgehead atoms. The second-order valence-electron chi connectivity index (χ2n) is 6.14. The van der Waals surface area contributed by atoms with E-state index in [9.17, 15) is 0 Å². The van der Waals surface area contributed by atoms with E-state index in [1.54, 1.807) is 13.2 Å². The first kappa shape index (κ1) is 17.7. The van der Waals surface area contributed by atoms with Crippen LogP contribution in [0.4, 0.5) is 0 Å². The molecule has 0 unspecified atom stereocenters. The molecule has 5 nitrogen and oxygen atoms in total. The number of imidazole rings is 1.